The number of rotatable bonds is 3. The van der Waals surface area contributed by atoms with E-state index >= 15 is 0 Å². The number of anilines is 2. The van der Waals surface area contributed by atoms with E-state index in [1.165, 1.54) is 11.3 Å². The molecule has 3 N–H and O–H groups in total. The van der Waals surface area contributed by atoms with Gasteiger partial charge < -0.3 is 15.8 Å². The third-order valence-corrected chi connectivity index (χ3v) is 6.05. The first kappa shape index (κ1) is 17.3. The van der Waals surface area contributed by atoms with Crippen molar-refractivity contribution >= 4 is 38.3 Å². The maximum absolute atomic E-state index is 12.3. The molecule has 7 heteroatoms. The molecule has 0 spiro atoms. The van der Waals surface area contributed by atoms with Gasteiger partial charge in [0.1, 0.15) is 22.6 Å². The largest absolute Gasteiger partial charge is 0.494 e. The van der Waals surface area contributed by atoms with E-state index in [9.17, 15) is 10.1 Å². The van der Waals surface area contributed by atoms with Gasteiger partial charge in [0.15, 0.2) is 0 Å². The van der Waals surface area contributed by atoms with Crippen LogP contribution in [0.4, 0.5) is 10.8 Å². The minimum atomic E-state index is -0.114. The molecule has 0 radical (unpaired) electrons. The molecule has 4 rings (SSSR count). The molecule has 0 saturated carbocycles. The molecule has 0 unspecified atom stereocenters. The number of nitriles is 1. The number of amides is 1. The van der Waals surface area contributed by atoms with Crippen LogP contribution in [0.5, 0.6) is 5.75 Å². The molecular weight excluding hydrogens is 360 g/mol. The van der Waals surface area contributed by atoms with Gasteiger partial charge >= 0.3 is 0 Å². The van der Waals surface area contributed by atoms with Crippen molar-refractivity contribution in [2.24, 2.45) is 0 Å². The Kier molecular flexibility index (Phi) is 4.21. The van der Waals surface area contributed by atoms with Crippen molar-refractivity contribution in [3.05, 3.63) is 46.5 Å². The summed E-state index contributed by atoms with van der Waals surface area (Å²) in [4.78, 5) is 16.8. The minimum absolute atomic E-state index is 0.0286. The van der Waals surface area contributed by atoms with E-state index in [-0.39, 0.29) is 17.6 Å². The van der Waals surface area contributed by atoms with Gasteiger partial charge in [0.25, 0.3) is 0 Å². The molecule has 1 atom stereocenters. The molecule has 0 bridgehead atoms. The number of pyridine rings is 1. The van der Waals surface area contributed by atoms with Crippen molar-refractivity contribution < 1.29 is 9.53 Å². The smallest absolute Gasteiger partial charge is 0.225 e. The van der Waals surface area contributed by atoms with Gasteiger partial charge in [0, 0.05) is 17.9 Å². The van der Waals surface area contributed by atoms with Crippen LogP contribution >= 0.6 is 11.3 Å². The summed E-state index contributed by atoms with van der Waals surface area (Å²) in [6.07, 6.45) is 0.341. The van der Waals surface area contributed by atoms with Crippen LogP contribution in [0.25, 0.3) is 10.2 Å². The average Bonchev–Trinajstić information content (AvgIpc) is 3.01. The van der Waals surface area contributed by atoms with Crippen LogP contribution in [0, 0.1) is 18.3 Å². The van der Waals surface area contributed by atoms with E-state index in [0.29, 0.717) is 18.6 Å². The van der Waals surface area contributed by atoms with E-state index in [0.717, 1.165) is 37.7 Å². The highest BCUT2D eigenvalue weighted by Gasteiger charge is 2.32. The van der Waals surface area contributed by atoms with Crippen LogP contribution in [0.1, 0.15) is 41.5 Å². The van der Waals surface area contributed by atoms with Crippen LogP contribution in [0.15, 0.2) is 24.3 Å². The van der Waals surface area contributed by atoms with Crippen molar-refractivity contribution in [3.63, 3.8) is 0 Å². The predicted octanol–water partition coefficient (Wildman–Crippen LogP) is 3.93. The lowest BCUT2D eigenvalue weighted by molar-refractivity contribution is -0.116. The highest BCUT2D eigenvalue weighted by Crippen LogP contribution is 2.47. The normalized spacial score (nSPS) is 15.9. The van der Waals surface area contributed by atoms with Crippen molar-refractivity contribution in [1.29, 1.82) is 5.26 Å². The summed E-state index contributed by atoms with van der Waals surface area (Å²) in [5.41, 5.74) is 9.98. The number of benzene rings is 1. The zero-order valence-corrected chi connectivity index (χ0v) is 15.8. The zero-order valence-electron chi connectivity index (χ0n) is 15.0. The molecule has 136 valence electrons. The first-order chi connectivity index (χ1) is 13.0. The van der Waals surface area contributed by atoms with Crippen LogP contribution in [-0.4, -0.2) is 17.5 Å². The average molecular weight is 378 g/mol. The highest BCUT2D eigenvalue weighted by atomic mass is 32.1. The number of hydrogen-bond donors (Lipinski definition) is 2. The molecule has 27 heavy (non-hydrogen) atoms. The van der Waals surface area contributed by atoms with E-state index < -0.39 is 0 Å². The SMILES string of the molecule is CCOc1ccc([C@H]2CC(=O)Nc3sc4c(C)c(C#N)c(N)nc4c32)cc1. The standard InChI is InChI=1S/C20H18N4O2S/c1-3-26-12-6-4-11(5-7-12)13-8-15(25)23-20-16(13)17-18(27-20)10(2)14(9-21)19(22)24-17/h4-7,13H,3,8H2,1-2H3,(H2,22,24)(H,23,25)/t13-/m1/s1. The summed E-state index contributed by atoms with van der Waals surface area (Å²) in [5.74, 6) is 0.885. The Morgan fingerprint density at radius 1 is 1.41 bits per heavy atom. The molecule has 2 aromatic heterocycles. The third kappa shape index (κ3) is 2.78. The lowest BCUT2D eigenvalue weighted by Gasteiger charge is -2.23. The summed E-state index contributed by atoms with van der Waals surface area (Å²) in [7, 11) is 0. The number of fused-ring (bicyclic) bond motifs is 3. The van der Waals surface area contributed by atoms with Gasteiger partial charge in [0.05, 0.1) is 22.4 Å². The number of hydrogen-bond acceptors (Lipinski definition) is 6. The Morgan fingerprint density at radius 3 is 2.81 bits per heavy atom. The van der Waals surface area contributed by atoms with Crippen molar-refractivity contribution in [3.8, 4) is 11.8 Å². The number of aryl methyl sites for hydroxylation is 1. The fraction of sp³-hybridized carbons (Fsp3) is 0.250. The summed E-state index contributed by atoms with van der Waals surface area (Å²) >= 11 is 1.45. The monoisotopic (exact) mass is 378 g/mol. The molecule has 1 aromatic carbocycles. The maximum atomic E-state index is 12.3. The van der Waals surface area contributed by atoms with Crippen LogP contribution in [-0.2, 0) is 4.79 Å². The Morgan fingerprint density at radius 2 is 2.15 bits per heavy atom. The number of nitrogens with two attached hydrogens (primary N) is 1. The maximum Gasteiger partial charge on any atom is 0.225 e. The summed E-state index contributed by atoms with van der Waals surface area (Å²) in [5, 5.41) is 13.1. The van der Waals surface area contributed by atoms with Crippen molar-refractivity contribution in [2.75, 3.05) is 17.7 Å². The second-order valence-electron chi connectivity index (χ2n) is 6.44. The summed E-state index contributed by atoms with van der Waals surface area (Å²) < 4.78 is 6.41. The fourth-order valence-corrected chi connectivity index (χ4v) is 4.78. The Hall–Kier alpha value is -3.11. The quantitative estimate of drug-likeness (QED) is 0.719. The molecule has 0 aliphatic carbocycles. The highest BCUT2D eigenvalue weighted by molar-refractivity contribution is 7.23. The first-order valence-corrected chi connectivity index (χ1v) is 9.50. The molecule has 6 nitrogen and oxygen atoms in total. The molecule has 1 amide bonds. The fourth-order valence-electron chi connectivity index (χ4n) is 3.55. The molecule has 0 saturated heterocycles. The first-order valence-electron chi connectivity index (χ1n) is 8.68. The van der Waals surface area contributed by atoms with Gasteiger partial charge in [-0.2, -0.15) is 5.26 Å². The number of ether oxygens (including phenoxy) is 1. The Bertz CT molecular complexity index is 1100. The van der Waals surface area contributed by atoms with Crippen LogP contribution in [0.3, 0.4) is 0 Å². The number of nitrogens with zero attached hydrogens (tertiary/aromatic N) is 2. The molecule has 1 aliphatic rings. The lowest BCUT2D eigenvalue weighted by atomic mass is 9.86. The Balaban J connectivity index is 1.90. The summed E-state index contributed by atoms with van der Waals surface area (Å²) in [6.45, 7) is 4.42. The van der Waals surface area contributed by atoms with Crippen molar-refractivity contribution in [2.45, 2.75) is 26.2 Å². The van der Waals surface area contributed by atoms with Crippen LogP contribution in [0.2, 0.25) is 0 Å². The lowest BCUT2D eigenvalue weighted by Crippen LogP contribution is -2.22. The van der Waals surface area contributed by atoms with E-state index in [1.807, 2.05) is 38.1 Å². The topological polar surface area (TPSA) is 101 Å². The third-order valence-electron chi connectivity index (χ3n) is 4.82. The number of carbonyl (C=O) groups excluding carboxylic acids is 1. The van der Waals surface area contributed by atoms with Gasteiger partial charge in [-0.05, 0) is 37.1 Å². The second kappa shape index (κ2) is 6.56. The van der Waals surface area contributed by atoms with Gasteiger partial charge in [-0.3, -0.25) is 4.79 Å². The zero-order chi connectivity index (χ0) is 19.1. The molecule has 3 heterocycles. The van der Waals surface area contributed by atoms with Crippen molar-refractivity contribution in [1.82, 2.24) is 4.98 Å². The van der Waals surface area contributed by atoms with E-state index in [1.54, 1.807) is 0 Å². The van der Waals surface area contributed by atoms with Gasteiger partial charge in [0.2, 0.25) is 5.91 Å². The predicted molar refractivity (Wildman–Crippen MR) is 106 cm³/mol. The second-order valence-corrected chi connectivity index (χ2v) is 7.46. The van der Waals surface area contributed by atoms with Gasteiger partial charge in [-0.1, -0.05) is 12.1 Å². The molecule has 3 aromatic rings. The van der Waals surface area contributed by atoms with E-state index in [4.69, 9.17) is 10.5 Å². The van der Waals surface area contributed by atoms with Gasteiger partial charge in [-0.15, -0.1) is 11.3 Å². The van der Waals surface area contributed by atoms with Gasteiger partial charge in [-0.25, -0.2) is 4.98 Å². The Labute approximate surface area is 160 Å². The number of nitrogens with one attached hydrogen (secondary N) is 1. The molecule has 1 aliphatic heterocycles. The van der Waals surface area contributed by atoms with E-state index in [2.05, 4.69) is 16.4 Å². The van der Waals surface area contributed by atoms with Crippen LogP contribution < -0.4 is 15.8 Å². The number of aromatic nitrogens is 1. The molecule has 0 fully saturated rings. The number of thiophene rings is 1. The number of carbonyl (C=O) groups is 1. The minimum Gasteiger partial charge on any atom is -0.494 e. The molecular formula is C20H18N4O2S. The number of nitrogen functional groups attached to an aromatic ring is 1. The summed E-state index contributed by atoms with van der Waals surface area (Å²) in [6, 6.07) is 9.93.